The number of nitrogens with one attached hydrogen (secondary N) is 2. The average molecular weight is 324 g/mol. The molecule has 1 rings (SSSR count). The minimum atomic E-state index is -0.718. The van der Waals surface area contributed by atoms with E-state index in [2.05, 4.69) is 15.8 Å². The van der Waals surface area contributed by atoms with Gasteiger partial charge in [0.25, 0.3) is 0 Å². The van der Waals surface area contributed by atoms with E-state index in [0.717, 1.165) is 12.8 Å². The van der Waals surface area contributed by atoms with E-state index in [1.54, 1.807) is 6.92 Å². The van der Waals surface area contributed by atoms with Gasteiger partial charge in [-0.15, -0.1) is 0 Å². The van der Waals surface area contributed by atoms with Crippen LogP contribution in [0, 0.1) is 0 Å². The highest BCUT2D eigenvalue weighted by Gasteiger charge is 2.13. The number of carbonyl (C=O) groups is 2. The first-order valence-corrected chi connectivity index (χ1v) is 8.96. The standard InChI is InChI=1S/C17H32N4O2/c1-14(20-21-17(18)23)13-16(22)19-15-11-9-7-5-3-2-4-6-8-10-12-15/h15H,2-13H2,1H3,(H,19,22)(H3,18,21,23). The van der Waals surface area contributed by atoms with Gasteiger partial charge in [-0.2, -0.15) is 5.10 Å². The van der Waals surface area contributed by atoms with Crippen LogP contribution in [0.2, 0.25) is 0 Å². The lowest BCUT2D eigenvalue weighted by atomic mass is 9.98. The topological polar surface area (TPSA) is 96.6 Å². The Morgan fingerprint density at radius 1 is 0.957 bits per heavy atom. The van der Waals surface area contributed by atoms with Gasteiger partial charge in [0.05, 0.1) is 6.42 Å². The number of amides is 3. The molecule has 3 amide bonds. The quantitative estimate of drug-likeness (QED) is 0.547. The molecule has 0 aromatic carbocycles. The van der Waals surface area contributed by atoms with Gasteiger partial charge in [-0.3, -0.25) is 4.79 Å². The van der Waals surface area contributed by atoms with Crippen LogP contribution in [0.15, 0.2) is 5.10 Å². The number of rotatable bonds is 4. The molecule has 0 aromatic heterocycles. The number of nitrogens with two attached hydrogens (primary N) is 1. The van der Waals surface area contributed by atoms with Crippen molar-refractivity contribution in [2.24, 2.45) is 10.8 Å². The van der Waals surface area contributed by atoms with E-state index in [0.29, 0.717) is 5.71 Å². The van der Waals surface area contributed by atoms with Gasteiger partial charge in [0.2, 0.25) is 5.91 Å². The second-order valence-corrected chi connectivity index (χ2v) is 6.52. The van der Waals surface area contributed by atoms with Gasteiger partial charge in [0.15, 0.2) is 0 Å². The molecular weight excluding hydrogens is 292 g/mol. The number of carbonyl (C=O) groups excluding carboxylic acids is 2. The lowest BCUT2D eigenvalue weighted by Gasteiger charge is -2.19. The van der Waals surface area contributed by atoms with Crippen LogP contribution < -0.4 is 16.5 Å². The van der Waals surface area contributed by atoms with Crippen molar-refractivity contribution < 1.29 is 9.59 Å². The van der Waals surface area contributed by atoms with Gasteiger partial charge in [-0.05, 0) is 19.8 Å². The third-order valence-electron chi connectivity index (χ3n) is 4.24. The molecule has 0 bridgehead atoms. The van der Waals surface area contributed by atoms with Crippen LogP contribution in [-0.4, -0.2) is 23.7 Å². The number of hydrogen-bond acceptors (Lipinski definition) is 3. The van der Waals surface area contributed by atoms with Crippen LogP contribution in [0.3, 0.4) is 0 Å². The molecule has 0 radical (unpaired) electrons. The maximum absolute atomic E-state index is 12.1. The second kappa shape index (κ2) is 11.9. The fourth-order valence-corrected chi connectivity index (χ4v) is 3.01. The summed E-state index contributed by atoms with van der Waals surface area (Å²) in [7, 11) is 0. The summed E-state index contributed by atoms with van der Waals surface area (Å²) in [5.41, 5.74) is 7.64. The number of hydrazone groups is 1. The summed E-state index contributed by atoms with van der Waals surface area (Å²) >= 11 is 0. The summed E-state index contributed by atoms with van der Waals surface area (Å²) in [5.74, 6) is -0.0328. The molecule has 0 aromatic rings. The number of nitrogens with zero attached hydrogens (tertiary/aromatic N) is 1. The molecule has 0 atom stereocenters. The minimum Gasteiger partial charge on any atom is -0.353 e. The molecule has 6 nitrogen and oxygen atoms in total. The molecule has 6 heteroatoms. The number of urea groups is 1. The van der Waals surface area contributed by atoms with E-state index in [4.69, 9.17) is 5.73 Å². The molecule has 0 heterocycles. The third-order valence-corrected chi connectivity index (χ3v) is 4.24. The minimum absolute atomic E-state index is 0.0328. The highest BCUT2D eigenvalue weighted by molar-refractivity contribution is 6.00. The van der Waals surface area contributed by atoms with Crippen LogP contribution in [-0.2, 0) is 4.79 Å². The van der Waals surface area contributed by atoms with Crippen LogP contribution in [0.1, 0.15) is 84.0 Å². The fourth-order valence-electron chi connectivity index (χ4n) is 3.01. The zero-order valence-electron chi connectivity index (χ0n) is 14.4. The van der Waals surface area contributed by atoms with Crippen molar-refractivity contribution in [3.63, 3.8) is 0 Å². The molecule has 0 saturated heterocycles. The molecule has 1 fully saturated rings. The first-order valence-electron chi connectivity index (χ1n) is 8.96. The van der Waals surface area contributed by atoms with Crippen molar-refractivity contribution in [3.05, 3.63) is 0 Å². The first kappa shape index (κ1) is 19.5. The van der Waals surface area contributed by atoms with E-state index in [-0.39, 0.29) is 18.4 Å². The van der Waals surface area contributed by atoms with Crippen LogP contribution in [0.25, 0.3) is 0 Å². The Labute approximate surface area is 139 Å². The monoisotopic (exact) mass is 324 g/mol. The smallest absolute Gasteiger partial charge is 0.332 e. The van der Waals surface area contributed by atoms with Gasteiger partial charge in [-0.25, -0.2) is 10.2 Å². The van der Waals surface area contributed by atoms with Gasteiger partial charge < -0.3 is 11.1 Å². The molecule has 1 aliphatic rings. The van der Waals surface area contributed by atoms with Gasteiger partial charge >= 0.3 is 6.03 Å². The maximum atomic E-state index is 12.1. The summed E-state index contributed by atoms with van der Waals surface area (Å²) < 4.78 is 0. The normalized spacial score (nSPS) is 19.3. The van der Waals surface area contributed by atoms with Gasteiger partial charge in [0, 0.05) is 11.8 Å². The van der Waals surface area contributed by atoms with E-state index >= 15 is 0 Å². The van der Waals surface area contributed by atoms with E-state index in [1.165, 1.54) is 57.8 Å². The highest BCUT2D eigenvalue weighted by Crippen LogP contribution is 2.17. The molecular formula is C17H32N4O2. The SMILES string of the molecule is CC(CC(=O)NC1CCCCCCCCCCC1)=NNC(N)=O. The first-order chi connectivity index (χ1) is 11.1. The summed E-state index contributed by atoms with van der Waals surface area (Å²) in [6.45, 7) is 1.70. The van der Waals surface area contributed by atoms with E-state index in [1.807, 2.05) is 0 Å². The molecule has 0 spiro atoms. The molecule has 4 N–H and O–H groups in total. The zero-order valence-corrected chi connectivity index (χ0v) is 14.4. The Bertz CT molecular complexity index is 384. The summed E-state index contributed by atoms with van der Waals surface area (Å²) in [6, 6.07) is -0.456. The molecule has 1 saturated carbocycles. The molecule has 23 heavy (non-hydrogen) atoms. The van der Waals surface area contributed by atoms with Crippen LogP contribution in [0.4, 0.5) is 4.79 Å². The van der Waals surface area contributed by atoms with Gasteiger partial charge in [0.1, 0.15) is 0 Å². The Hall–Kier alpha value is -1.59. The van der Waals surface area contributed by atoms with E-state index < -0.39 is 6.03 Å². The predicted octanol–water partition coefficient (Wildman–Crippen LogP) is 3.21. The van der Waals surface area contributed by atoms with Gasteiger partial charge in [-0.1, -0.05) is 57.8 Å². The van der Waals surface area contributed by atoms with Crippen molar-refractivity contribution in [2.75, 3.05) is 0 Å². The lowest BCUT2D eigenvalue weighted by molar-refractivity contribution is -0.120. The zero-order chi connectivity index (χ0) is 16.9. The average Bonchev–Trinajstić information content (AvgIpc) is 2.48. The summed E-state index contributed by atoms with van der Waals surface area (Å²) in [4.78, 5) is 22.7. The van der Waals surface area contributed by atoms with Crippen LogP contribution in [0.5, 0.6) is 0 Å². The third kappa shape index (κ3) is 10.7. The summed E-state index contributed by atoms with van der Waals surface area (Å²) in [6.07, 6.45) is 13.9. The molecule has 1 aliphatic carbocycles. The Kier molecular flexibility index (Phi) is 10.1. The molecule has 132 valence electrons. The predicted molar refractivity (Wildman–Crippen MR) is 93.2 cm³/mol. The largest absolute Gasteiger partial charge is 0.353 e. The van der Waals surface area contributed by atoms with Crippen molar-refractivity contribution in [2.45, 2.75) is 90.0 Å². The van der Waals surface area contributed by atoms with Crippen molar-refractivity contribution in [1.29, 1.82) is 0 Å². The highest BCUT2D eigenvalue weighted by atomic mass is 16.2. The lowest BCUT2D eigenvalue weighted by Crippen LogP contribution is -2.36. The second-order valence-electron chi connectivity index (χ2n) is 6.52. The molecule has 0 unspecified atom stereocenters. The van der Waals surface area contributed by atoms with Crippen molar-refractivity contribution >= 4 is 17.6 Å². The molecule has 0 aliphatic heterocycles. The van der Waals surface area contributed by atoms with E-state index in [9.17, 15) is 9.59 Å². The summed E-state index contributed by atoms with van der Waals surface area (Å²) in [5, 5.41) is 6.90. The Morgan fingerprint density at radius 2 is 1.43 bits per heavy atom. The van der Waals surface area contributed by atoms with Crippen molar-refractivity contribution in [3.8, 4) is 0 Å². The Balaban J connectivity index is 2.38. The van der Waals surface area contributed by atoms with Crippen LogP contribution >= 0.6 is 0 Å². The maximum Gasteiger partial charge on any atom is 0.332 e. The number of primary amides is 1. The van der Waals surface area contributed by atoms with Crippen molar-refractivity contribution in [1.82, 2.24) is 10.7 Å². The fraction of sp³-hybridized carbons (Fsp3) is 0.824. The Morgan fingerprint density at radius 3 is 1.91 bits per heavy atom. The number of hydrogen-bond donors (Lipinski definition) is 3.